The molecule has 0 aliphatic heterocycles. The van der Waals surface area contributed by atoms with Crippen molar-refractivity contribution in [2.75, 3.05) is 0 Å². The lowest BCUT2D eigenvalue weighted by atomic mass is 9.74. The highest BCUT2D eigenvalue weighted by Crippen LogP contribution is 2.47. The lowest BCUT2D eigenvalue weighted by Gasteiger charge is -2.32. The first-order valence-electron chi connectivity index (χ1n) is 11.5. The van der Waals surface area contributed by atoms with Crippen molar-refractivity contribution < 1.29 is 0 Å². The van der Waals surface area contributed by atoms with E-state index in [-0.39, 0.29) is 10.8 Å². The Bertz CT molecular complexity index is 1120. The summed E-state index contributed by atoms with van der Waals surface area (Å²) in [5, 5.41) is 0. The number of rotatable bonds is 6. The van der Waals surface area contributed by atoms with E-state index in [1.165, 1.54) is 32.0 Å². The SMILES string of the molecule is CC(c1ccccc1)(c1ccccc1)c1ccc(C(C)(c2ccccc2)c2ccccc2)s1. The second kappa shape index (κ2) is 8.84. The number of benzene rings is 4. The molecule has 1 aromatic heterocycles. The molecule has 0 bridgehead atoms. The molecule has 0 spiro atoms. The molecule has 0 amide bonds. The average Bonchev–Trinajstić information content (AvgIpc) is 3.41. The minimum absolute atomic E-state index is 0.222. The van der Waals surface area contributed by atoms with Crippen LogP contribution in [0.25, 0.3) is 0 Å². The smallest absolute Gasteiger partial charge is 0.0516 e. The van der Waals surface area contributed by atoms with E-state index in [4.69, 9.17) is 0 Å². The highest BCUT2D eigenvalue weighted by atomic mass is 32.1. The predicted molar refractivity (Wildman–Crippen MR) is 141 cm³/mol. The number of hydrogen-bond acceptors (Lipinski definition) is 1. The third-order valence-electron chi connectivity index (χ3n) is 7.00. The molecule has 0 aliphatic carbocycles. The summed E-state index contributed by atoms with van der Waals surface area (Å²) in [5.74, 6) is 0. The maximum absolute atomic E-state index is 2.36. The van der Waals surface area contributed by atoms with Crippen LogP contribution in [-0.4, -0.2) is 0 Å². The van der Waals surface area contributed by atoms with Crippen molar-refractivity contribution in [2.24, 2.45) is 0 Å². The standard InChI is InChI=1S/C32H28S/c1-31(25-15-7-3-8-16-25,26-17-9-4-10-18-26)29-23-24-30(33-29)32(2,27-19-11-5-12-20-27)28-21-13-6-14-22-28/h3-24H,1-2H3. The summed E-state index contributed by atoms with van der Waals surface area (Å²) in [4.78, 5) is 2.71. The molecule has 0 N–H and O–H groups in total. The molecule has 1 heterocycles. The van der Waals surface area contributed by atoms with Gasteiger partial charge in [0.2, 0.25) is 0 Å². The molecule has 5 rings (SSSR count). The minimum Gasteiger partial charge on any atom is -0.143 e. The van der Waals surface area contributed by atoms with Gasteiger partial charge in [0.05, 0.1) is 10.8 Å². The molecule has 0 atom stereocenters. The largest absolute Gasteiger partial charge is 0.143 e. The van der Waals surface area contributed by atoms with E-state index in [1.54, 1.807) is 0 Å². The molecule has 33 heavy (non-hydrogen) atoms. The molecule has 0 fully saturated rings. The van der Waals surface area contributed by atoms with Crippen LogP contribution >= 0.6 is 11.3 Å². The van der Waals surface area contributed by atoms with Crippen molar-refractivity contribution in [3.63, 3.8) is 0 Å². The molecular weight excluding hydrogens is 416 g/mol. The van der Waals surface area contributed by atoms with Crippen LogP contribution in [0.5, 0.6) is 0 Å². The highest BCUT2D eigenvalue weighted by Gasteiger charge is 2.37. The van der Waals surface area contributed by atoms with E-state index in [1.807, 2.05) is 11.3 Å². The maximum atomic E-state index is 2.36. The minimum atomic E-state index is -0.222. The maximum Gasteiger partial charge on any atom is 0.0516 e. The Morgan fingerprint density at radius 1 is 0.364 bits per heavy atom. The van der Waals surface area contributed by atoms with Gasteiger partial charge in [-0.25, -0.2) is 0 Å². The van der Waals surface area contributed by atoms with Gasteiger partial charge in [0.15, 0.2) is 0 Å². The molecule has 1 heteroatoms. The topological polar surface area (TPSA) is 0 Å². The van der Waals surface area contributed by atoms with Crippen molar-refractivity contribution in [3.8, 4) is 0 Å². The van der Waals surface area contributed by atoms with Crippen LogP contribution in [0.15, 0.2) is 133 Å². The van der Waals surface area contributed by atoms with Crippen molar-refractivity contribution in [1.82, 2.24) is 0 Å². The zero-order chi connectivity index (χ0) is 22.7. The van der Waals surface area contributed by atoms with Gasteiger partial charge in [0.25, 0.3) is 0 Å². The molecule has 0 aliphatic rings. The van der Waals surface area contributed by atoms with E-state index in [0.29, 0.717) is 0 Å². The van der Waals surface area contributed by atoms with Crippen molar-refractivity contribution in [1.29, 1.82) is 0 Å². The third kappa shape index (κ3) is 3.73. The predicted octanol–water partition coefficient (Wildman–Crippen LogP) is 8.46. The molecule has 0 unspecified atom stereocenters. The fraction of sp³-hybridized carbons (Fsp3) is 0.125. The first-order chi connectivity index (χ1) is 16.1. The molecule has 5 aromatic rings. The molecule has 0 saturated heterocycles. The Morgan fingerprint density at radius 3 is 0.848 bits per heavy atom. The molecule has 4 aromatic carbocycles. The Morgan fingerprint density at radius 2 is 0.606 bits per heavy atom. The Kier molecular flexibility index (Phi) is 5.74. The van der Waals surface area contributed by atoms with Crippen LogP contribution in [0.2, 0.25) is 0 Å². The lowest BCUT2D eigenvalue weighted by Crippen LogP contribution is -2.25. The Hall–Kier alpha value is -3.42. The van der Waals surface area contributed by atoms with E-state index >= 15 is 0 Å². The molecule has 0 nitrogen and oxygen atoms in total. The summed E-state index contributed by atoms with van der Waals surface area (Å²) in [6.07, 6.45) is 0. The Labute approximate surface area is 201 Å². The van der Waals surface area contributed by atoms with Gasteiger partial charge in [-0.2, -0.15) is 0 Å². The monoisotopic (exact) mass is 444 g/mol. The van der Waals surface area contributed by atoms with Crippen LogP contribution in [0.3, 0.4) is 0 Å². The van der Waals surface area contributed by atoms with E-state index in [9.17, 15) is 0 Å². The van der Waals surface area contributed by atoms with Crippen molar-refractivity contribution >= 4 is 11.3 Å². The van der Waals surface area contributed by atoms with Gasteiger partial charge in [0, 0.05) is 9.75 Å². The van der Waals surface area contributed by atoms with Gasteiger partial charge >= 0.3 is 0 Å². The zero-order valence-electron chi connectivity index (χ0n) is 19.1. The van der Waals surface area contributed by atoms with Gasteiger partial charge in [-0.3, -0.25) is 0 Å². The fourth-order valence-corrected chi connectivity index (χ4v) is 6.25. The van der Waals surface area contributed by atoms with Crippen molar-refractivity contribution in [2.45, 2.75) is 24.7 Å². The fourth-order valence-electron chi connectivity index (χ4n) is 4.86. The quantitative estimate of drug-likeness (QED) is 0.246. The van der Waals surface area contributed by atoms with Crippen LogP contribution in [0.1, 0.15) is 45.9 Å². The second-order valence-electron chi connectivity index (χ2n) is 8.88. The first-order valence-corrected chi connectivity index (χ1v) is 12.3. The molecule has 0 radical (unpaired) electrons. The first kappa shape index (κ1) is 21.4. The normalized spacial score (nSPS) is 11.9. The second-order valence-corrected chi connectivity index (χ2v) is 9.96. The molecule has 162 valence electrons. The van der Waals surface area contributed by atoms with Gasteiger partial charge in [-0.05, 0) is 48.2 Å². The van der Waals surface area contributed by atoms with Crippen LogP contribution in [0.4, 0.5) is 0 Å². The lowest BCUT2D eigenvalue weighted by molar-refractivity contribution is 0.707. The van der Waals surface area contributed by atoms with E-state index in [2.05, 4.69) is 147 Å². The summed E-state index contributed by atoms with van der Waals surface area (Å²) >= 11 is 1.93. The summed E-state index contributed by atoms with van der Waals surface area (Å²) in [5.41, 5.74) is 4.80. The molecule has 0 saturated carbocycles. The van der Waals surface area contributed by atoms with Crippen LogP contribution < -0.4 is 0 Å². The van der Waals surface area contributed by atoms with Crippen molar-refractivity contribution in [3.05, 3.63) is 165 Å². The molecular formula is C32H28S. The van der Waals surface area contributed by atoms with Gasteiger partial charge in [-0.1, -0.05) is 121 Å². The van der Waals surface area contributed by atoms with E-state index < -0.39 is 0 Å². The highest BCUT2D eigenvalue weighted by molar-refractivity contribution is 7.12. The zero-order valence-corrected chi connectivity index (χ0v) is 19.9. The van der Waals surface area contributed by atoms with E-state index in [0.717, 1.165) is 0 Å². The summed E-state index contributed by atoms with van der Waals surface area (Å²) in [7, 11) is 0. The van der Waals surface area contributed by atoms with Crippen LogP contribution in [-0.2, 0) is 10.8 Å². The summed E-state index contributed by atoms with van der Waals surface area (Å²) in [6.45, 7) is 4.71. The van der Waals surface area contributed by atoms with Crippen LogP contribution in [0, 0.1) is 0 Å². The third-order valence-corrected chi connectivity index (χ3v) is 8.52. The number of hydrogen-bond donors (Lipinski definition) is 0. The van der Waals surface area contributed by atoms with Gasteiger partial charge in [-0.15, -0.1) is 11.3 Å². The number of thiophene rings is 1. The Balaban J connectivity index is 1.71. The van der Waals surface area contributed by atoms with Gasteiger partial charge in [0.1, 0.15) is 0 Å². The summed E-state index contributed by atoms with van der Waals surface area (Å²) < 4.78 is 0. The average molecular weight is 445 g/mol. The summed E-state index contributed by atoms with van der Waals surface area (Å²) in [6, 6.07) is 48.2. The van der Waals surface area contributed by atoms with Gasteiger partial charge < -0.3 is 0 Å².